The van der Waals surface area contributed by atoms with E-state index in [9.17, 15) is 18.0 Å². The summed E-state index contributed by atoms with van der Waals surface area (Å²) in [6.07, 6.45) is -2.82. The zero-order valence-electron chi connectivity index (χ0n) is 18.6. The van der Waals surface area contributed by atoms with Gasteiger partial charge in [-0.3, -0.25) is 4.98 Å². The highest BCUT2D eigenvalue weighted by Gasteiger charge is 2.30. The number of nitrogens with one attached hydrogen (secondary N) is 2. The van der Waals surface area contributed by atoms with Gasteiger partial charge in [-0.1, -0.05) is 0 Å². The fourth-order valence-corrected chi connectivity index (χ4v) is 3.31. The van der Waals surface area contributed by atoms with Crippen LogP contribution in [0.25, 0.3) is 10.9 Å². The molecule has 0 bridgehead atoms. The third-order valence-corrected chi connectivity index (χ3v) is 5.02. The van der Waals surface area contributed by atoms with E-state index in [1.54, 1.807) is 62.9 Å². The third-order valence-electron chi connectivity index (χ3n) is 5.02. The van der Waals surface area contributed by atoms with Gasteiger partial charge in [-0.05, 0) is 60.7 Å². The molecule has 0 fully saturated rings. The predicted octanol–water partition coefficient (Wildman–Crippen LogP) is 6.71. The van der Waals surface area contributed by atoms with E-state index >= 15 is 0 Å². The molecule has 2 N–H and O–H groups in total. The van der Waals surface area contributed by atoms with Crippen molar-refractivity contribution < 1.29 is 32.2 Å². The Labute approximate surface area is 198 Å². The predicted molar refractivity (Wildman–Crippen MR) is 125 cm³/mol. The van der Waals surface area contributed by atoms with Crippen LogP contribution in [-0.2, 0) is 6.18 Å². The number of carbonyl (C=O) groups is 1. The Kier molecular flexibility index (Phi) is 6.63. The standard InChI is InChI=1S/C25H20F3N3O4/c1-33-22-13-19-20(14-23(22)34-2)29-12-11-21(19)35-18-9-7-17(8-10-18)31-24(32)30-16-5-3-15(4-6-16)25(26,27)28/h3-14H,1-2H3,(H2,30,31,32). The Morgan fingerprint density at radius 2 is 1.37 bits per heavy atom. The molecule has 0 aliphatic carbocycles. The number of rotatable bonds is 6. The number of pyridine rings is 1. The quantitative estimate of drug-likeness (QED) is 0.319. The highest BCUT2D eigenvalue weighted by Crippen LogP contribution is 2.37. The Morgan fingerprint density at radius 1 is 0.800 bits per heavy atom. The van der Waals surface area contributed by atoms with Crippen molar-refractivity contribution in [3.8, 4) is 23.0 Å². The Hall–Kier alpha value is -4.47. The first-order valence-electron chi connectivity index (χ1n) is 10.3. The minimum atomic E-state index is -4.44. The number of ether oxygens (including phenoxy) is 3. The van der Waals surface area contributed by atoms with Crippen molar-refractivity contribution in [3.05, 3.63) is 78.5 Å². The fraction of sp³-hybridized carbons (Fsp3) is 0.120. The van der Waals surface area contributed by atoms with Crippen LogP contribution in [0.1, 0.15) is 5.56 Å². The third kappa shape index (κ3) is 5.55. The van der Waals surface area contributed by atoms with Gasteiger partial charge in [0.2, 0.25) is 0 Å². The number of amides is 2. The average Bonchev–Trinajstić information content (AvgIpc) is 2.84. The van der Waals surface area contributed by atoms with Crippen molar-refractivity contribution >= 4 is 28.3 Å². The molecule has 7 nitrogen and oxygen atoms in total. The lowest BCUT2D eigenvalue weighted by Crippen LogP contribution is -2.19. The first kappa shape index (κ1) is 23.7. The molecule has 0 atom stereocenters. The number of alkyl halides is 3. The summed E-state index contributed by atoms with van der Waals surface area (Å²) in [5.74, 6) is 2.16. The van der Waals surface area contributed by atoms with Gasteiger partial charge in [0.25, 0.3) is 0 Å². The lowest BCUT2D eigenvalue weighted by Gasteiger charge is -2.13. The zero-order chi connectivity index (χ0) is 25.0. The smallest absolute Gasteiger partial charge is 0.416 e. The van der Waals surface area contributed by atoms with Crippen LogP contribution >= 0.6 is 0 Å². The molecule has 0 radical (unpaired) electrons. The Bertz CT molecular complexity index is 1340. The second-order valence-electron chi connectivity index (χ2n) is 7.31. The molecule has 35 heavy (non-hydrogen) atoms. The van der Waals surface area contributed by atoms with Gasteiger partial charge >= 0.3 is 12.2 Å². The first-order chi connectivity index (χ1) is 16.8. The fourth-order valence-electron chi connectivity index (χ4n) is 3.31. The molecule has 0 spiro atoms. The van der Waals surface area contributed by atoms with Crippen LogP contribution in [-0.4, -0.2) is 25.2 Å². The average molecular weight is 483 g/mol. The van der Waals surface area contributed by atoms with Gasteiger partial charge in [0.1, 0.15) is 11.5 Å². The van der Waals surface area contributed by atoms with Crippen molar-refractivity contribution in [1.29, 1.82) is 0 Å². The van der Waals surface area contributed by atoms with Crippen molar-refractivity contribution in [2.45, 2.75) is 6.18 Å². The largest absolute Gasteiger partial charge is 0.493 e. The molecule has 4 rings (SSSR count). The van der Waals surface area contributed by atoms with Crippen LogP contribution in [0, 0.1) is 0 Å². The topological polar surface area (TPSA) is 81.7 Å². The summed E-state index contributed by atoms with van der Waals surface area (Å²) in [5.41, 5.74) is 0.566. The molecule has 180 valence electrons. The number of aromatic nitrogens is 1. The molecule has 0 unspecified atom stereocenters. The Balaban J connectivity index is 1.43. The molecule has 10 heteroatoms. The molecule has 0 aliphatic rings. The van der Waals surface area contributed by atoms with Crippen LogP contribution in [0.15, 0.2) is 72.9 Å². The maximum atomic E-state index is 12.7. The number of fused-ring (bicyclic) bond motifs is 1. The van der Waals surface area contributed by atoms with E-state index < -0.39 is 17.8 Å². The van der Waals surface area contributed by atoms with Gasteiger partial charge in [0.05, 0.1) is 25.3 Å². The van der Waals surface area contributed by atoms with E-state index in [4.69, 9.17) is 14.2 Å². The second-order valence-corrected chi connectivity index (χ2v) is 7.31. The number of nitrogens with zero attached hydrogens (tertiary/aromatic N) is 1. The van der Waals surface area contributed by atoms with Crippen molar-refractivity contribution in [2.24, 2.45) is 0 Å². The van der Waals surface area contributed by atoms with E-state index in [2.05, 4.69) is 15.6 Å². The van der Waals surface area contributed by atoms with Crippen molar-refractivity contribution in [1.82, 2.24) is 4.98 Å². The summed E-state index contributed by atoms with van der Waals surface area (Å²) in [6.45, 7) is 0. The highest BCUT2D eigenvalue weighted by molar-refractivity contribution is 5.99. The SMILES string of the molecule is COc1cc2nccc(Oc3ccc(NC(=O)Nc4ccc(C(F)(F)F)cc4)cc3)c2cc1OC. The van der Waals surface area contributed by atoms with Gasteiger partial charge in [0.15, 0.2) is 11.5 Å². The highest BCUT2D eigenvalue weighted by atomic mass is 19.4. The molecule has 4 aromatic rings. The lowest BCUT2D eigenvalue weighted by molar-refractivity contribution is -0.137. The molecule has 0 saturated heterocycles. The van der Waals surface area contributed by atoms with Crippen LogP contribution in [0.4, 0.5) is 29.3 Å². The number of urea groups is 1. The molecule has 2 amide bonds. The summed E-state index contributed by atoms with van der Waals surface area (Å²) in [5, 5.41) is 5.83. The van der Waals surface area contributed by atoms with Gasteiger partial charge in [0, 0.05) is 29.0 Å². The maximum absolute atomic E-state index is 12.7. The van der Waals surface area contributed by atoms with E-state index in [0.717, 1.165) is 17.5 Å². The number of anilines is 2. The number of benzene rings is 3. The van der Waals surface area contributed by atoms with E-state index in [1.807, 2.05) is 0 Å². The summed E-state index contributed by atoms with van der Waals surface area (Å²) < 4.78 is 54.7. The van der Waals surface area contributed by atoms with Gasteiger partial charge in [-0.15, -0.1) is 0 Å². The molecular formula is C25H20F3N3O4. The summed E-state index contributed by atoms with van der Waals surface area (Å²) >= 11 is 0. The molecular weight excluding hydrogens is 463 g/mol. The van der Waals surface area contributed by atoms with E-state index in [0.29, 0.717) is 34.2 Å². The van der Waals surface area contributed by atoms with E-state index in [1.165, 1.54) is 12.1 Å². The number of carbonyl (C=O) groups excluding carboxylic acids is 1. The Morgan fingerprint density at radius 3 is 1.94 bits per heavy atom. The molecule has 0 saturated carbocycles. The summed E-state index contributed by atoms with van der Waals surface area (Å²) in [4.78, 5) is 16.5. The number of methoxy groups -OCH3 is 2. The lowest BCUT2D eigenvalue weighted by atomic mass is 10.2. The normalized spacial score (nSPS) is 11.1. The van der Waals surface area contributed by atoms with Crippen LogP contribution < -0.4 is 24.8 Å². The minimum Gasteiger partial charge on any atom is -0.493 e. The molecule has 3 aromatic carbocycles. The van der Waals surface area contributed by atoms with Crippen LogP contribution in [0.5, 0.6) is 23.0 Å². The molecule has 0 aliphatic heterocycles. The van der Waals surface area contributed by atoms with Crippen molar-refractivity contribution in [3.63, 3.8) is 0 Å². The van der Waals surface area contributed by atoms with Crippen LogP contribution in [0.3, 0.4) is 0 Å². The minimum absolute atomic E-state index is 0.229. The molecule has 1 heterocycles. The van der Waals surface area contributed by atoms with Gasteiger partial charge in [-0.2, -0.15) is 13.2 Å². The number of halogens is 3. The monoisotopic (exact) mass is 483 g/mol. The number of hydrogen-bond acceptors (Lipinski definition) is 5. The first-order valence-corrected chi connectivity index (χ1v) is 10.3. The van der Waals surface area contributed by atoms with Crippen LogP contribution in [0.2, 0.25) is 0 Å². The zero-order valence-corrected chi connectivity index (χ0v) is 18.6. The second kappa shape index (κ2) is 9.80. The molecule has 1 aromatic heterocycles. The van der Waals surface area contributed by atoms with Gasteiger partial charge in [-0.25, -0.2) is 4.79 Å². The maximum Gasteiger partial charge on any atom is 0.416 e. The van der Waals surface area contributed by atoms with E-state index in [-0.39, 0.29) is 5.69 Å². The summed E-state index contributed by atoms with van der Waals surface area (Å²) in [7, 11) is 3.09. The van der Waals surface area contributed by atoms with Crippen molar-refractivity contribution in [2.75, 3.05) is 24.9 Å². The number of hydrogen-bond donors (Lipinski definition) is 2. The summed E-state index contributed by atoms with van der Waals surface area (Å²) in [6, 6.07) is 15.4. The van der Waals surface area contributed by atoms with Gasteiger partial charge < -0.3 is 24.8 Å².